The molecule has 0 spiro atoms. The van der Waals surface area contributed by atoms with E-state index in [9.17, 15) is 0 Å². The molecular weight excluding hydrogens is 328 g/mol. The summed E-state index contributed by atoms with van der Waals surface area (Å²) in [4.78, 5) is 4.57. The number of rotatable bonds is 3. The van der Waals surface area contributed by atoms with E-state index in [1.165, 1.54) is 0 Å². The van der Waals surface area contributed by atoms with Gasteiger partial charge in [0.2, 0.25) is 0 Å². The van der Waals surface area contributed by atoms with E-state index < -0.39 is 0 Å². The molecule has 0 fully saturated rings. The monoisotopic (exact) mass is 340 g/mol. The number of hydrogen-bond donors (Lipinski definition) is 1. The Balaban J connectivity index is 2.36. The van der Waals surface area contributed by atoms with Crippen LogP contribution in [0.5, 0.6) is 0 Å². The third kappa shape index (κ3) is 2.44. The zero-order chi connectivity index (χ0) is 14.8. The zero-order valence-corrected chi connectivity index (χ0v) is 12.8. The van der Waals surface area contributed by atoms with Crippen molar-refractivity contribution in [3.8, 4) is 11.8 Å². The highest BCUT2D eigenvalue weighted by molar-refractivity contribution is 9.10. The van der Waals surface area contributed by atoms with Crippen molar-refractivity contribution in [2.24, 2.45) is 5.73 Å². The van der Waals surface area contributed by atoms with Crippen LogP contribution < -0.4 is 5.73 Å². The Kier molecular flexibility index (Phi) is 3.74. The van der Waals surface area contributed by atoms with Gasteiger partial charge in [-0.2, -0.15) is 5.26 Å². The molecule has 104 valence electrons. The van der Waals surface area contributed by atoms with Crippen LogP contribution in [-0.2, 0) is 13.0 Å². The van der Waals surface area contributed by atoms with E-state index in [1.54, 1.807) is 0 Å². The van der Waals surface area contributed by atoms with E-state index in [2.05, 4.69) is 27.0 Å². The minimum atomic E-state index is 0.255. The fraction of sp³-hybridized carbons (Fsp3) is 0.125. The maximum atomic E-state index is 9.06. The van der Waals surface area contributed by atoms with Crippen LogP contribution in [0.15, 0.2) is 46.9 Å². The quantitative estimate of drug-likeness (QED) is 0.795. The van der Waals surface area contributed by atoms with E-state index in [0.717, 1.165) is 32.6 Å². The predicted molar refractivity (Wildman–Crippen MR) is 86.0 cm³/mol. The maximum Gasteiger partial charge on any atom is 0.128 e. The average Bonchev–Trinajstić information content (AvgIpc) is 2.85. The molecule has 0 radical (unpaired) electrons. The van der Waals surface area contributed by atoms with E-state index in [-0.39, 0.29) is 6.42 Å². The number of nitrogens with two attached hydrogens (primary N) is 1. The van der Waals surface area contributed by atoms with Gasteiger partial charge in [0.15, 0.2) is 0 Å². The number of imidazole rings is 1. The Morgan fingerprint density at radius 1 is 1.24 bits per heavy atom. The highest BCUT2D eigenvalue weighted by Crippen LogP contribution is 2.26. The molecule has 0 aliphatic carbocycles. The van der Waals surface area contributed by atoms with Gasteiger partial charge in [-0.1, -0.05) is 34.1 Å². The number of benzene rings is 2. The first-order chi connectivity index (χ1) is 10.2. The molecule has 3 rings (SSSR count). The van der Waals surface area contributed by atoms with Crippen molar-refractivity contribution < 1.29 is 0 Å². The topological polar surface area (TPSA) is 67.6 Å². The van der Waals surface area contributed by atoms with Crippen molar-refractivity contribution in [3.05, 3.63) is 58.3 Å². The van der Waals surface area contributed by atoms with Gasteiger partial charge < -0.3 is 5.73 Å². The minimum absolute atomic E-state index is 0.255. The van der Waals surface area contributed by atoms with Crippen molar-refractivity contribution in [1.82, 2.24) is 9.55 Å². The van der Waals surface area contributed by atoms with E-state index in [1.807, 2.05) is 47.0 Å². The van der Waals surface area contributed by atoms with Crippen molar-refractivity contribution in [3.63, 3.8) is 0 Å². The summed E-state index contributed by atoms with van der Waals surface area (Å²) in [6.07, 6.45) is 0.255. The first-order valence-electron chi connectivity index (χ1n) is 6.56. The molecule has 0 saturated heterocycles. The highest BCUT2D eigenvalue weighted by Gasteiger charge is 2.14. The van der Waals surface area contributed by atoms with E-state index in [0.29, 0.717) is 6.54 Å². The van der Waals surface area contributed by atoms with Crippen LogP contribution in [0.2, 0.25) is 0 Å². The lowest BCUT2D eigenvalue weighted by Crippen LogP contribution is -2.07. The maximum absolute atomic E-state index is 9.06. The second-order valence-corrected chi connectivity index (χ2v) is 5.58. The first-order valence-corrected chi connectivity index (χ1v) is 7.36. The Hall–Kier alpha value is -2.16. The molecule has 0 amide bonds. The van der Waals surface area contributed by atoms with Gasteiger partial charge in [-0.3, -0.25) is 4.57 Å². The molecule has 5 heteroatoms. The number of fused-ring (bicyclic) bond motifs is 1. The fourth-order valence-corrected chi connectivity index (χ4v) is 2.80. The van der Waals surface area contributed by atoms with Gasteiger partial charge in [0.05, 0.1) is 29.2 Å². The first kappa shape index (κ1) is 13.8. The lowest BCUT2D eigenvalue weighted by molar-refractivity contribution is 0.926. The van der Waals surface area contributed by atoms with Crippen molar-refractivity contribution in [2.45, 2.75) is 13.0 Å². The molecule has 3 aromatic rings. The second-order valence-electron chi connectivity index (χ2n) is 4.66. The van der Waals surface area contributed by atoms with Crippen LogP contribution in [0.25, 0.3) is 16.7 Å². The van der Waals surface area contributed by atoms with Crippen LogP contribution in [0.1, 0.15) is 11.4 Å². The number of para-hydroxylation sites is 2. The zero-order valence-electron chi connectivity index (χ0n) is 11.3. The number of hydrogen-bond acceptors (Lipinski definition) is 3. The van der Waals surface area contributed by atoms with Crippen molar-refractivity contribution in [1.29, 1.82) is 5.26 Å². The van der Waals surface area contributed by atoms with Gasteiger partial charge in [0, 0.05) is 11.0 Å². The summed E-state index contributed by atoms with van der Waals surface area (Å²) in [7, 11) is 0. The fourth-order valence-electron chi connectivity index (χ4n) is 2.45. The van der Waals surface area contributed by atoms with Crippen molar-refractivity contribution >= 4 is 27.0 Å². The summed E-state index contributed by atoms with van der Waals surface area (Å²) in [5, 5.41) is 9.06. The Morgan fingerprint density at radius 2 is 2.05 bits per heavy atom. The third-order valence-electron chi connectivity index (χ3n) is 3.38. The molecular formula is C16H13BrN4. The van der Waals surface area contributed by atoms with Crippen LogP contribution in [-0.4, -0.2) is 9.55 Å². The Morgan fingerprint density at radius 3 is 2.81 bits per heavy atom. The summed E-state index contributed by atoms with van der Waals surface area (Å²) in [6.45, 7) is 0.432. The van der Waals surface area contributed by atoms with Crippen LogP contribution in [0.3, 0.4) is 0 Å². The molecule has 4 nitrogen and oxygen atoms in total. The number of aromatic nitrogens is 2. The summed E-state index contributed by atoms with van der Waals surface area (Å²) in [6, 6.07) is 16.0. The summed E-state index contributed by atoms with van der Waals surface area (Å²) >= 11 is 3.50. The molecule has 0 unspecified atom stereocenters. The van der Waals surface area contributed by atoms with Gasteiger partial charge in [-0.25, -0.2) is 4.98 Å². The third-order valence-corrected chi connectivity index (χ3v) is 3.87. The molecule has 2 aromatic carbocycles. The van der Waals surface area contributed by atoms with Gasteiger partial charge in [0.1, 0.15) is 5.82 Å². The predicted octanol–water partition coefficient (Wildman–Crippen LogP) is 3.31. The summed E-state index contributed by atoms with van der Waals surface area (Å²) in [5.74, 6) is 0.728. The van der Waals surface area contributed by atoms with Crippen LogP contribution >= 0.6 is 15.9 Å². The molecule has 1 heterocycles. The van der Waals surface area contributed by atoms with Gasteiger partial charge in [-0.05, 0) is 29.8 Å². The SMILES string of the molecule is N#CCc1nc2ccccc2n1-c1cc(Br)ccc1CN. The lowest BCUT2D eigenvalue weighted by atomic mass is 10.1. The van der Waals surface area contributed by atoms with Gasteiger partial charge in [-0.15, -0.1) is 0 Å². The average molecular weight is 341 g/mol. The number of nitriles is 1. The molecule has 0 atom stereocenters. The van der Waals surface area contributed by atoms with Crippen LogP contribution in [0, 0.1) is 11.3 Å². The molecule has 21 heavy (non-hydrogen) atoms. The molecule has 0 aliphatic heterocycles. The standard InChI is InChI=1S/C16H13BrN4/c17-12-6-5-11(10-19)15(9-12)21-14-4-2-1-3-13(14)20-16(21)7-8-18/h1-6,9H,7,10,19H2. The lowest BCUT2D eigenvalue weighted by Gasteiger charge is -2.13. The van der Waals surface area contributed by atoms with Gasteiger partial charge >= 0.3 is 0 Å². The van der Waals surface area contributed by atoms with Gasteiger partial charge in [0.25, 0.3) is 0 Å². The number of halogens is 1. The van der Waals surface area contributed by atoms with E-state index in [4.69, 9.17) is 11.0 Å². The Labute approximate surface area is 131 Å². The normalized spacial score (nSPS) is 10.7. The molecule has 1 aromatic heterocycles. The van der Waals surface area contributed by atoms with Crippen LogP contribution in [0.4, 0.5) is 0 Å². The summed E-state index contributed by atoms with van der Waals surface area (Å²) < 4.78 is 2.99. The molecule has 0 bridgehead atoms. The molecule has 0 aliphatic rings. The Bertz CT molecular complexity index is 845. The largest absolute Gasteiger partial charge is 0.326 e. The second kappa shape index (κ2) is 5.68. The molecule has 0 saturated carbocycles. The highest BCUT2D eigenvalue weighted by atomic mass is 79.9. The van der Waals surface area contributed by atoms with Crippen molar-refractivity contribution in [2.75, 3.05) is 0 Å². The molecule has 2 N–H and O–H groups in total. The summed E-state index contributed by atoms with van der Waals surface area (Å²) in [5.41, 5.74) is 9.70. The van der Waals surface area contributed by atoms with E-state index >= 15 is 0 Å². The number of nitrogens with zero attached hydrogens (tertiary/aromatic N) is 3. The minimum Gasteiger partial charge on any atom is -0.326 e. The smallest absolute Gasteiger partial charge is 0.128 e.